The van der Waals surface area contributed by atoms with Crippen LogP contribution >= 0.6 is 0 Å². The second-order valence-corrected chi connectivity index (χ2v) is 2.97. The van der Waals surface area contributed by atoms with Crippen molar-refractivity contribution in [3.63, 3.8) is 0 Å². The van der Waals surface area contributed by atoms with E-state index in [4.69, 9.17) is 9.47 Å². The monoisotopic (exact) mass is 211 g/mol. The smallest absolute Gasteiger partial charge is 0.218 e. The van der Waals surface area contributed by atoms with Crippen LogP contribution in [-0.2, 0) is 4.74 Å². The molecule has 0 aromatic carbocycles. The predicted octanol–water partition coefficient (Wildman–Crippen LogP) is 1.24. The summed E-state index contributed by atoms with van der Waals surface area (Å²) in [5, 5.41) is 3.14. The van der Waals surface area contributed by atoms with Crippen LogP contribution in [0.5, 0.6) is 5.88 Å². The molecule has 0 amide bonds. The molecule has 0 saturated carbocycles. The Balaban J connectivity index is 2.49. The van der Waals surface area contributed by atoms with Gasteiger partial charge in [0.1, 0.15) is 11.6 Å². The molecule has 5 heteroatoms. The highest BCUT2D eigenvalue weighted by atomic mass is 16.5. The molecule has 0 aliphatic carbocycles. The predicted molar refractivity (Wildman–Crippen MR) is 58.3 cm³/mol. The molecule has 0 atom stereocenters. The fourth-order valence-electron chi connectivity index (χ4n) is 1.13. The average Bonchev–Trinajstić information content (AvgIpc) is 2.23. The maximum absolute atomic E-state index is 5.20. The second kappa shape index (κ2) is 6.19. The van der Waals surface area contributed by atoms with Crippen molar-refractivity contribution in [2.24, 2.45) is 0 Å². The van der Waals surface area contributed by atoms with E-state index in [2.05, 4.69) is 15.3 Å². The number of rotatable bonds is 6. The van der Waals surface area contributed by atoms with Gasteiger partial charge in [-0.15, -0.1) is 0 Å². The van der Waals surface area contributed by atoms with E-state index in [1.165, 1.54) is 0 Å². The summed E-state index contributed by atoms with van der Waals surface area (Å²) >= 11 is 0. The summed E-state index contributed by atoms with van der Waals surface area (Å²) in [6, 6.07) is 1.76. The minimum Gasteiger partial charge on any atom is -0.481 e. The van der Waals surface area contributed by atoms with Gasteiger partial charge in [-0.1, -0.05) is 0 Å². The van der Waals surface area contributed by atoms with Crippen LogP contribution in [-0.4, -0.2) is 36.8 Å². The molecule has 0 radical (unpaired) electrons. The zero-order valence-electron chi connectivity index (χ0n) is 9.41. The number of anilines is 1. The van der Waals surface area contributed by atoms with Crippen molar-refractivity contribution in [2.75, 3.05) is 32.2 Å². The molecule has 0 aliphatic heterocycles. The summed E-state index contributed by atoms with van der Waals surface area (Å²) in [6.45, 7) is 5.93. The lowest BCUT2D eigenvalue weighted by Crippen LogP contribution is -2.11. The van der Waals surface area contributed by atoms with Crippen LogP contribution in [0.3, 0.4) is 0 Å². The van der Waals surface area contributed by atoms with Crippen molar-refractivity contribution in [3.05, 3.63) is 11.9 Å². The zero-order chi connectivity index (χ0) is 11.1. The van der Waals surface area contributed by atoms with Crippen LogP contribution in [0.25, 0.3) is 0 Å². The van der Waals surface area contributed by atoms with E-state index in [0.29, 0.717) is 18.3 Å². The van der Waals surface area contributed by atoms with Gasteiger partial charge in [-0.25, -0.2) is 4.98 Å². The van der Waals surface area contributed by atoms with E-state index in [-0.39, 0.29) is 0 Å². The Morgan fingerprint density at radius 3 is 2.87 bits per heavy atom. The van der Waals surface area contributed by atoms with Crippen LogP contribution < -0.4 is 10.1 Å². The Hall–Kier alpha value is -1.36. The SMILES string of the molecule is CCOCCNc1cc(OC)nc(C)n1. The fourth-order valence-corrected chi connectivity index (χ4v) is 1.13. The van der Waals surface area contributed by atoms with E-state index in [0.717, 1.165) is 19.0 Å². The van der Waals surface area contributed by atoms with Gasteiger partial charge in [0.2, 0.25) is 5.88 Å². The van der Waals surface area contributed by atoms with Gasteiger partial charge < -0.3 is 14.8 Å². The lowest BCUT2D eigenvalue weighted by Gasteiger charge is -2.07. The Bertz CT molecular complexity index is 305. The molecule has 0 unspecified atom stereocenters. The number of nitrogens with one attached hydrogen (secondary N) is 1. The van der Waals surface area contributed by atoms with Gasteiger partial charge in [-0.3, -0.25) is 0 Å². The standard InChI is InChI=1S/C10H17N3O2/c1-4-15-6-5-11-9-7-10(14-3)13-8(2)12-9/h7H,4-6H2,1-3H3,(H,11,12,13). The molecule has 0 saturated heterocycles. The van der Waals surface area contributed by atoms with Gasteiger partial charge in [0, 0.05) is 19.2 Å². The fraction of sp³-hybridized carbons (Fsp3) is 0.600. The minimum atomic E-state index is 0.571. The first-order valence-corrected chi connectivity index (χ1v) is 4.97. The van der Waals surface area contributed by atoms with Gasteiger partial charge in [0.05, 0.1) is 13.7 Å². The van der Waals surface area contributed by atoms with Crippen molar-refractivity contribution in [1.29, 1.82) is 0 Å². The topological polar surface area (TPSA) is 56.3 Å². The normalized spacial score (nSPS) is 10.1. The third-order valence-electron chi connectivity index (χ3n) is 1.78. The van der Waals surface area contributed by atoms with Crippen LogP contribution in [0.2, 0.25) is 0 Å². The Morgan fingerprint density at radius 1 is 1.40 bits per heavy atom. The quantitative estimate of drug-likeness (QED) is 0.717. The highest BCUT2D eigenvalue weighted by Gasteiger charge is 2.00. The lowest BCUT2D eigenvalue weighted by molar-refractivity contribution is 0.158. The molecule has 1 aromatic heterocycles. The molecule has 0 fully saturated rings. The largest absolute Gasteiger partial charge is 0.481 e. The molecule has 1 heterocycles. The van der Waals surface area contributed by atoms with Crippen molar-refractivity contribution in [3.8, 4) is 5.88 Å². The molecule has 0 aliphatic rings. The van der Waals surface area contributed by atoms with Crippen LogP contribution in [0, 0.1) is 6.92 Å². The van der Waals surface area contributed by atoms with E-state index < -0.39 is 0 Å². The maximum atomic E-state index is 5.20. The van der Waals surface area contributed by atoms with Gasteiger partial charge in [0.25, 0.3) is 0 Å². The first-order chi connectivity index (χ1) is 7.26. The summed E-state index contributed by atoms with van der Waals surface area (Å²) in [4.78, 5) is 8.31. The van der Waals surface area contributed by atoms with Gasteiger partial charge >= 0.3 is 0 Å². The molecule has 84 valence electrons. The number of aryl methyl sites for hydroxylation is 1. The summed E-state index contributed by atoms with van der Waals surface area (Å²) in [7, 11) is 1.59. The van der Waals surface area contributed by atoms with Crippen molar-refractivity contribution in [2.45, 2.75) is 13.8 Å². The molecule has 1 rings (SSSR count). The summed E-state index contributed by atoms with van der Waals surface area (Å²) in [5.41, 5.74) is 0. The summed E-state index contributed by atoms with van der Waals surface area (Å²) in [6.07, 6.45) is 0. The van der Waals surface area contributed by atoms with E-state index in [1.807, 2.05) is 13.8 Å². The van der Waals surface area contributed by atoms with Crippen molar-refractivity contribution < 1.29 is 9.47 Å². The Labute approximate surface area is 89.8 Å². The number of methoxy groups -OCH3 is 1. The second-order valence-electron chi connectivity index (χ2n) is 2.97. The van der Waals surface area contributed by atoms with Crippen molar-refractivity contribution >= 4 is 5.82 Å². The maximum Gasteiger partial charge on any atom is 0.218 e. The van der Waals surface area contributed by atoms with Crippen LogP contribution in [0.15, 0.2) is 6.07 Å². The first-order valence-electron chi connectivity index (χ1n) is 4.97. The van der Waals surface area contributed by atoms with Crippen LogP contribution in [0.1, 0.15) is 12.7 Å². The third kappa shape index (κ3) is 4.12. The highest BCUT2D eigenvalue weighted by Crippen LogP contribution is 2.11. The minimum absolute atomic E-state index is 0.571. The molecule has 15 heavy (non-hydrogen) atoms. The molecule has 1 N–H and O–H groups in total. The molecular formula is C10H17N3O2. The molecular weight excluding hydrogens is 194 g/mol. The van der Waals surface area contributed by atoms with Gasteiger partial charge in [-0.2, -0.15) is 4.98 Å². The molecule has 0 spiro atoms. The zero-order valence-corrected chi connectivity index (χ0v) is 9.41. The number of hydrogen-bond donors (Lipinski definition) is 1. The van der Waals surface area contributed by atoms with Crippen molar-refractivity contribution in [1.82, 2.24) is 9.97 Å². The average molecular weight is 211 g/mol. The van der Waals surface area contributed by atoms with E-state index in [9.17, 15) is 0 Å². The first kappa shape index (κ1) is 11.7. The van der Waals surface area contributed by atoms with Crippen LogP contribution in [0.4, 0.5) is 5.82 Å². The molecule has 0 bridgehead atoms. The van der Waals surface area contributed by atoms with Gasteiger partial charge in [0.15, 0.2) is 0 Å². The number of aromatic nitrogens is 2. The Kier molecular flexibility index (Phi) is 4.83. The Morgan fingerprint density at radius 2 is 2.20 bits per heavy atom. The van der Waals surface area contributed by atoms with E-state index in [1.54, 1.807) is 13.2 Å². The third-order valence-corrected chi connectivity index (χ3v) is 1.78. The molecule has 1 aromatic rings. The number of ether oxygens (including phenoxy) is 2. The lowest BCUT2D eigenvalue weighted by atomic mass is 10.5. The number of nitrogens with zero attached hydrogens (tertiary/aromatic N) is 2. The van der Waals surface area contributed by atoms with Gasteiger partial charge in [-0.05, 0) is 13.8 Å². The molecule has 5 nitrogen and oxygen atoms in total. The number of hydrogen-bond acceptors (Lipinski definition) is 5. The van der Waals surface area contributed by atoms with E-state index >= 15 is 0 Å². The highest BCUT2D eigenvalue weighted by molar-refractivity contribution is 5.38. The summed E-state index contributed by atoms with van der Waals surface area (Å²) < 4.78 is 10.2. The summed E-state index contributed by atoms with van der Waals surface area (Å²) in [5.74, 6) is 2.02.